The lowest BCUT2D eigenvalue weighted by molar-refractivity contribution is -0.120. The molecule has 9 nitrogen and oxygen atoms in total. The zero-order valence-corrected chi connectivity index (χ0v) is 14.0. The molecule has 1 saturated carbocycles. The minimum atomic E-state index is -1.16. The predicted octanol–water partition coefficient (Wildman–Crippen LogP) is 0.482. The Balaban J connectivity index is 1.63. The topological polar surface area (TPSA) is 117 Å². The second kappa shape index (κ2) is 8.11. The lowest BCUT2D eigenvalue weighted by Gasteiger charge is -2.27. The van der Waals surface area contributed by atoms with Crippen LogP contribution in [0.15, 0.2) is 6.20 Å². The number of hydrogen-bond acceptors (Lipinski definition) is 7. The standard InChI is InChI=1S/C16H23N5O4/c22-13(19-11-3-1-2-4-11)10-17-12-9-18-16(20-14(12)15(23)24)21-5-7-25-8-6-21/h9,11,17H,1-8,10H2,(H,19,22)(H,23,24). The van der Waals surface area contributed by atoms with Gasteiger partial charge in [-0.25, -0.2) is 14.8 Å². The van der Waals surface area contributed by atoms with E-state index in [4.69, 9.17) is 4.74 Å². The molecule has 2 aliphatic rings. The summed E-state index contributed by atoms with van der Waals surface area (Å²) < 4.78 is 5.27. The summed E-state index contributed by atoms with van der Waals surface area (Å²) in [4.78, 5) is 33.7. The maximum atomic E-state index is 12.0. The zero-order chi connectivity index (χ0) is 17.6. The van der Waals surface area contributed by atoms with Gasteiger partial charge in [-0.1, -0.05) is 12.8 Å². The number of aromatic carboxylic acids is 1. The number of carboxylic acids is 1. The van der Waals surface area contributed by atoms with Gasteiger partial charge in [0.2, 0.25) is 11.9 Å². The van der Waals surface area contributed by atoms with Crippen molar-refractivity contribution < 1.29 is 19.4 Å². The summed E-state index contributed by atoms with van der Waals surface area (Å²) in [6.45, 7) is 2.36. The Morgan fingerprint density at radius 3 is 2.68 bits per heavy atom. The summed E-state index contributed by atoms with van der Waals surface area (Å²) >= 11 is 0. The Morgan fingerprint density at radius 2 is 2.00 bits per heavy atom. The van der Waals surface area contributed by atoms with Crippen LogP contribution in [0.1, 0.15) is 36.2 Å². The molecule has 1 aliphatic carbocycles. The minimum absolute atomic E-state index is 0.00294. The molecule has 25 heavy (non-hydrogen) atoms. The van der Waals surface area contributed by atoms with Gasteiger partial charge in [-0.3, -0.25) is 4.79 Å². The van der Waals surface area contributed by atoms with Crippen molar-refractivity contribution in [2.75, 3.05) is 43.1 Å². The van der Waals surface area contributed by atoms with Crippen molar-refractivity contribution in [2.45, 2.75) is 31.7 Å². The lowest BCUT2D eigenvalue weighted by Crippen LogP contribution is -2.38. The third-order valence-corrected chi connectivity index (χ3v) is 4.43. The molecule has 136 valence electrons. The lowest BCUT2D eigenvalue weighted by atomic mass is 10.2. The summed E-state index contributed by atoms with van der Waals surface area (Å²) in [6.07, 6.45) is 5.70. The van der Waals surface area contributed by atoms with E-state index in [-0.39, 0.29) is 29.9 Å². The first-order valence-electron chi connectivity index (χ1n) is 8.60. The van der Waals surface area contributed by atoms with E-state index < -0.39 is 5.97 Å². The molecule has 1 aliphatic heterocycles. The Labute approximate surface area is 145 Å². The number of rotatable bonds is 6. The maximum Gasteiger partial charge on any atom is 0.356 e. The fourth-order valence-corrected chi connectivity index (χ4v) is 3.10. The largest absolute Gasteiger partial charge is 0.476 e. The number of nitrogens with one attached hydrogen (secondary N) is 2. The molecule has 1 amide bonds. The Kier molecular flexibility index (Phi) is 5.64. The third-order valence-electron chi connectivity index (χ3n) is 4.43. The molecule has 0 radical (unpaired) electrons. The van der Waals surface area contributed by atoms with E-state index in [1.165, 1.54) is 6.20 Å². The van der Waals surface area contributed by atoms with Crippen molar-refractivity contribution in [2.24, 2.45) is 0 Å². The van der Waals surface area contributed by atoms with Gasteiger partial charge in [0, 0.05) is 19.1 Å². The van der Waals surface area contributed by atoms with Crippen LogP contribution in [0.5, 0.6) is 0 Å². The Bertz CT molecular complexity index is 627. The molecule has 0 unspecified atom stereocenters. The number of hydrogen-bond donors (Lipinski definition) is 3. The van der Waals surface area contributed by atoms with Gasteiger partial charge >= 0.3 is 5.97 Å². The van der Waals surface area contributed by atoms with E-state index in [1.807, 2.05) is 4.90 Å². The Morgan fingerprint density at radius 1 is 1.28 bits per heavy atom. The van der Waals surface area contributed by atoms with Gasteiger partial charge < -0.3 is 25.4 Å². The van der Waals surface area contributed by atoms with E-state index in [1.54, 1.807) is 0 Å². The number of anilines is 2. The first-order chi connectivity index (χ1) is 12.1. The van der Waals surface area contributed by atoms with Crippen LogP contribution < -0.4 is 15.5 Å². The smallest absolute Gasteiger partial charge is 0.356 e. The zero-order valence-electron chi connectivity index (χ0n) is 14.0. The van der Waals surface area contributed by atoms with Crippen LogP contribution in [-0.4, -0.2) is 65.8 Å². The van der Waals surface area contributed by atoms with Crippen LogP contribution in [0, 0.1) is 0 Å². The number of amides is 1. The van der Waals surface area contributed by atoms with E-state index in [2.05, 4.69) is 20.6 Å². The first kappa shape index (κ1) is 17.4. The van der Waals surface area contributed by atoms with Crippen LogP contribution in [0.3, 0.4) is 0 Å². The summed E-state index contributed by atoms with van der Waals surface area (Å²) in [5.74, 6) is -0.947. The first-order valence-corrected chi connectivity index (χ1v) is 8.60. The number of carbonyl (C=O) groups is 2. The number of ether oxygens (including phenoxy) is 1. The molecule has 2 heterocycles. The monoisotopic (exact) mass is 349 g/mol. The molecule has 1 aromatic rings. The molecule has 1 aromatic heterocycles. The van der Waals surface area contributed by atoms with Crippen molar-refractivity contribution in [3.63, 3.8) is 0 Å². The molecule has 0 atom stereocenters. The third kappa shape index (κ3) is 4.56. The second-order valence-corrected chi connectivity index (χ2v) is 6.24. The van der Waals surface area contributed by atoms with Gasteiger partial charge in [-0.2, -0.15) is 0 Å². The summed E-state index contributed by atoms with van der Waals surface area (Å²) in [6, 6.07) is 0.230. The summed E-state index contributed by atoms with van der Waals surface area (Å²) in [5, 5.41) is 15.2. The van der Waals surface area contributed by atoms with Crippen LogP contribution in [-0.2, 0) is 9.53 Å². The molecule has 9 heteroatoms. The van der Waals surface area contributed by atoms with Crippen molar-refractivity contribution in [3.05, 3.63) is 11.9 Å². The fourth-order valence-electron chi connectivity index (χ4n) is 3.10. The minimum Gasteiger partial charge on any atom is -0.476 e. The van der Waals surface area contributed by atoms with Gasteiger partial charge in [-0.05, 0) is 12.8 Å². The Hall–Kier alpha value is -2.42. The summed E-state index contributed by atoms with van der Waals surface area (Å²) in [5.41, 5.74) is 0.108. The normalized spacial score (nSPS) is 18.2. The molecule has 3 rings (SSSR count). The highest BCUT2D eigenvalue weighted by molar-refractivity contribution is 5.93. The van der Waals surface area contributed by atoms with Crippen LogP contribution >= 0.6 is 0 Å². The van der Waals surface area contributed by atoms with Gasteiger partial charge in [0.05, 0.1) is 31.6 Å². The van der Waals surface area contributed by atoms with E-state index in [0.717, 1.165) is 25.7 Å². The average Bonchev–Trinajstić information content (AvgIpc) is 3.13. The van der Waals surface area contributed by atoms with E-state index in [0.29, 0.717) is 32.3 Å². The molecule has 1 saturated heterocycles. The number of carboxylic acid groups (broad SMARTS) is 1. The van der Waals surface area contributed by atoms with E-state index >= 15 is 0 Å². The van der Waals surface area contributed by atoms with Crippen molar-refractivity contribution in [3.8, 4) is 0 Å². The van der Waals surface area contributed by atoms with Crippen molar-refractivity contribution in [1.29, 1.82) is 0 Å². The molecular formula is C16H23N5O4. The SMILES string of the molecule is O=C(CNc1cnc(N2CCOCC2)nc1C(=O)O)NC1CCCC1. The molecule has 2 fully saturated rings. The van der Waals surface area contributed by atoms with Gasteiger partial charge in [0.15, 0.2) is 5.69 Å². The van der Waals surface area contributed by atoms with Gasteiger partial charge in [0.1, 0.15) is 0 Å². The highest BCUT2D eigenvalue weighted by Crippen LogP contribution is 2.19. The maximum absolute atomic E-state index is 12.0. The van der Waals surface area contributed by atoms with E-state index in [9.17, 15) is 14.7 Å². The molecule has 3 N–H and O–H groups in total. The number of carbonyl (C=O) groups excluding carboxylic acids is 1. The van der Waals surface area contributed by atoms with Gasteiger partial charge in [0.25, 0.3) is 0 Å². The number of nitrogens with zero attached hydrogens (tertiary/aromatic N) is 3. The van der Waals surface area contributed by atoms with Crippen molar-refractivity contribution in [1.82, 2.24) is 15.3 Å². The fraction of sp³-hybridized carbons (Fsp3) is 0.625. The van der Waals surface area contributed by atoms with Crippen molar-refractivity contribution >= 4 is 23.5 Å². The number of morpholine rings is 1. The quantitative estimate of drug-likeness (QED) is 0.679. The number of aromatic nitrogens is 2. The van der Waals surface area contributed by atoms with Crippen LogP contribution in [0.4, 0.5) is 11.6 Å². The molecule has 0 aromatic carbocycles. The predicted molar refractivity (Wildman–Crippen MR) is 90.9 cm³/mol. The van der Waals surface area contributed by atoms with Gasteiger partial charge in [-0.15, -0.1) is 0 Å². The summed E-state index contributed by atoms with van der Waals surface area (Å²) in [7, 11) is 0. The highest BCUT2D eigenvalue weighted by Gasteiger charge is 2.20. The molecule has 0 spiro atoms. The van der Waals surface area contributed by atoms with Crippen LogP contribution in [0.2, 0.25) is 0 Å². The highest BCUT2D eigenvalue weighted by atomic mass is 16.5. The molecular weight excluding hydrogens is 326 g/mol. The van der Waals surface area contributed by atoms with Crippen LogP contribution in [0.25, 0.3) is 0 Å². The average molecular weight is 349 g/mol. The molecule has 0 bridgehead atoms. The second-order valence-electron chi connectivity index (χ2n) is 6.24.